The molecule has 2 N–H and O–H groups in total. The van der Waals surface area contributed by atoms with Gasteiger partial charge in [0.15, 0.2) is 5.96 Å². The third-order valence-electron chi connectivity index (χ3n) is 3.73. The highest BCUT2D eigenvalue weighted by molar-refractivity contribution is 7.88. The van der Waals surface area contributed by atoms with Crippen LogP contribution < -0.4 is 10.6 Å². The Bertz CT molecular complexity index is 450. The Morgan fingerprint density at radius 3 is 2.43 bits per heavy atom. The minimum Gasteiger partial charge on any atom is -0.381 e. The summed E-state index contributed by atoms with van der Waals surface area (Å²) in [7, 11) is -1.37. The van der Waals surface area contributed by atoms with Crippen LogP contribution in [0.1, 0.15) is 32.6 Å². The van der Waals surface area contributed by atoms with Crippen molar-refractivity contribution in [1.29, 1.82) is 0 Å². The van der Waals surface area contributed by atoms with E-state index in [4.69, 9.17) is 4.74 Å². The maximum absolute atomic E-state index is 11.5. The molecule has 1 fully saturated rings. The van der Waals surface area contributed by atoms with Gasteiger partial charge in [-0.05, 0) is 31.6 Å². The normalized spacial score (nSPS) is 15.9. The first-order valence-corrected chi connectivity index (χ1v) is 10.3. The topological polar surface area (TPSA) is 83.0 Å². The van der Waals surface area contributed by atoms with Crippen molar-refractivity contribution in [3.63, 3.8) is 0 Å². The molecule has 0 heterocycles. The van der Waals surface area contributed by atoms with Gasteiger partial charge >= 0.3 is 0 Å². The number of nitrogens with one attached hydrogen (secondary N) is 2. The van der Waals surface area contributed by atoms with E-state index < -0.39 is 10.0 Å². The largest absolute Gasteiger partial charge is 0.381 e. The zero-order valence-corrected chi connectivity index (χ0v) is 15.5. The minimum absolute atomic E-state index is 0.507. The van der Waals surface area contributed by atoms with E-state index in [0.29, 0.717) is 19.6 Å². The summed E-state index contributed by atoms with van der Waals surface area (Å²) in [5.41, 5.74) is 0. The first-order chi connectivity index (χ1) is 11.0. The van der Waals surface area contributed by atoms with Gasteiger partial charge in [0.25, 0.3) is 0 Å². The van der Waals surface area contributed by atoms with E-state index in [0.717, 1.165) is 44.5 Å². The second-order valence-corrected chi connectivity index (χ2v) is 7.89. The molecule has 136 valence electrons. The maximum Gasteiger partial charge on any atom is 0.211 e. The van der Waals surface area contributed by atoms with Crippen LogP contribution in [-0.2, 0) is 14.8 Å². The molecule has 23 heavy (non-hydrogen) atoms. The van der Waals surface area contributed by atoms with Crippen molar-refractivity contribution in [1.82, 2.24) is 14.9 Å². The van der Waals surface area contributed by atoms with Crippen LogP contribution in [0.3, 0.4) is 0 Å². The average molecular weight is 349 g/mol. The Hall–Kier alpha value is -0.860. The highest BCUT2D eigenvalue weighted by atomic mass is 32.2. The Morgan fingerprint density at radius 2 is 1.91 bits per heavy atom. The van der Waals surface area contributed by atoms with E-state index in [1.165, 1.54) is 23.4 Å². The molecule has 0 aliphatic heterocycles. The summed E-state index contributed by atoms with van der Waals surface area (Å²) in [6, 6.07) is 0. The number of guanidine groups is 1. The van der Waals surface area contributed by atoms with E-state index in [2.05, 4.69) is 15.6 Å². The third-order valence-corrected chi connectivity index (χ3v) is 5.11. The van der Waals surface area contributed by atoms with E-state index in [9.17, 15) is 8.42 Å². The number of rotatable bonds is 12. The fraction of sp³-hybridized carbons (Fsp3) is 0.933. The van der Waals surface area contributed by atoms with Crippen molar-refractivity contribution in [2.24, 2.45) is 10.9 Å². The zero-order valence-electron chi connectivity index (χ0n) is 14.7. The lowest BCUT2D eigenvalue weighted by atomic mass is 10.4. The summed E-state index contributed by atoms with van der Waals surface area (Å²) in [6.45, 7) is 6.06. The molecule has 0 radical (unpaired) electrons. The fourth-order valence-corrected chi connectivity index (χ4v) is 3.09. The summed E-state index contributed by atoms with van der Waals surface area (Å²) in [5.74, 6) is 1.56. The molecule has 1 aliphatic rings. The predicted molar refractivity (Wildman–Crippen MR) is 94.2 cm³/mol. The van der Waals surface area contributed by atoms with Gasteiger partial charge in [-0.1, -0.05) is 6.92 Å². The van der Waals surface area contributed by atoms with E-state index in [1.54, 1.807) is 7.05 Å². The van der Waals surface area contributed by atoms with Gasteiger partial charge in [0.2, 0.25) is 10.0 Å². The second kappa shape index (κ2) is 10.8. The molecule has 0 saturated heterocycles. The fourth-order valence-electron chi connectivity index (χ4n) is 2.16. The number of hydrogen-bond donors (Lipinski definition) is 2. The van der Waals surface area contributed by atoms with Crippen LogP contribution in [-0.4, -0.2) is 71.4 Å². The van der Waals surface area contributed by atoms with Gasteiger partial charge in [0.1, 0.15) is 0 Å². The summed E-state index contributed by atoms with van der Waals surface area (Å²) in [4.78, 5) is 4.15. The summed E-state index contributed by atoms with van der Waals surface area (Å²) >= 11 is 0. The lowest BCUT2D eigenvalue weighted by molar-refractivity contribution is 0.123. The molecule has 7 nitrogen and oxygen atoms in total. The van der Waals surface area contributed by atoms with E-state index in [-0.39, 0.29) is 0 Å². The number of aliphatic imine (C=N–C) groups is 1. The predicted octanol–water partition coefficient (Wildman–Crippen LogP) is 0.640. The van der Waals surface area contributed by atoms with Crippen LogP contribution in [0.15, 0.2) is 4.99 Å². The molecule has 8 heteroatoms. The number of sulfonamides is 1. The number of nitrogens with zero attached hydrogens (tertiary/aromatic N) is 2. The van der Waals surface area contributed by atoms with Gasteiger partial charge in [-0.25, -0.2) is 12.7 Å². The molecule has 1 saturated carbocycles. The Morgan fingerprint density at radius 1 is 1.26 bits per heavy atom. The molecule has 0 amide bonds. The zero-order chi connectivity index (χ0) is 17.1. The van der Waals surface area contributed by atoms with Crippen LogP contribution >= 0.6 is 0 Å². The van der Waals surface area contributed by atoms with Gasteiger partial charge in [0, 0.05) is 46.4 Å². The van der Waals surface area contributed by atoms with Crippen molar-refractivity contribution < 1.29 is 13.2 Å². The van der Waals surface area contributed by atoms with Gasteiger partial charge in [-0.3, -0.25) is 4.99 Å². The Labute approximate surface area is 140 Å². The van der Waals surface area contributed by atoms with Crippen molar-refractivity contribution in [2.45, 2.75) is 32.6 Å². The Balaban J connectivity index is 2.04. The first kappa shape index (κ1) is 20.2. The average Bonchev–Trinajstić information content (AvgIpc) is 3.31. The molecule has 0 aromatic rings. The third kappa shape index (κ3) is 9.78. The monoisotopic (exact) mass is 348 g/mol. The highest BCUT2D eigenvalue weighted by Crippen LogP contribution is 2.28. The van der Waals surface area contributed by atoms with Crippen molar-refractivity contribution in [3.05, 3.63) is 0 Å². The van der Waals surface area contributed by atoms with E-state index in [1.807, 2.05) is 6.92 Å². The SMILES string of the molecule is CCN(CCCNC(=NC)NCCCOCC1CC1)S(C)(=O)=O. The standard InChI is InChI=1S/C15H32N4O3S/c1-4-19(23(3,20)21)11-5-9-17-15(16-2)18-10-6-12-22-13-14-7-8-14/h14H,4-13H2,1-3H3,(H2,16,17,18). The lowest BCUT2D eigenvalue weighted by Gasteiger charge is -2.18. The molecule has 0 unspecified atom stereocenters. The second-order valence-electron chi connectivity index (χ2n) is 5.91. The van der Waals surface area contributed by atoms with Gasteiger partial charge < -0.3 is 15.4 Å². The number of ether oxygens (including phenoxy) is 1. The maximum atomic E-state index is 11.5. The van der Waals surface area contributed by atoms with Gasteiger partial charge in [-0.2, -0.15) is 0 Å². The quantitative estimate of drug-likeness (QED) is 0.307. The van der Waals surface area contributed by atoms with Crippen LogP contribution in [0.5, 0.6) is 0 Å². The molecular weight excluding hydrogens is 316 g/mol. The van der Waals surface area contributed by atoms with Crippen LogP contribution in [0.4, 0.5) is 0 Å². The minimum atomic E-state index is -3.10. The van der Waals surface area contributed by atoms with Crippen LogP contribution in [0.25, 0.3) is 0 Å². The summed E-state index contributed by atoms with van der Waals surface area (Å²) < 4.78 is 30.0. The van der Waals surface area contributed by atoms with Crippen LogP contribution in [0.2, 0.25) is 0 Å². The molecule has 1 aliphatic carbocycles. The van der Waals surface area contributed by atoms with Gasteiger partial charge in [0.05, 0.1) is 6.26 Å². The molecule has 1 rings (SSSR count). The van der Waals surface area contributed by atoms with Crippen molar-refractivity contribution >= 4 is 16.0 Å². The molecule has 0 spiro atoms. The molecule has 0 aromatic heterocycles. The first-order valence-electron chi connectivity index (χ1n) is 8.44. The molecular formula is C15H32N4O3S. The van der Waals surface area contributed by atoms with Crippen LogP contribution in [0, 0.1) is 5.92 Å². The summed E-state index contributed by atoms with van der Waals surface area (Å²) in [5, 5.41) is 6.43. The number of hydrogen-bond acceptors (Lipinski definition) is 4. The Kier molecular flexibility index (Phi) is 9.50. The summed E-state index contributed by atoms with van der Waals surface area (Å²) in [6.07, 6.45) is 5.58. The smallest absolute Gasteiger partial charge is 0.211 e. The molecule has 0 aromatic carbocycles. The molecule has 0 bridgehead atoms. The van der Waals surface area contributed by atoms with Crippen molar-refractivity contribution in [2.75, 3.05) is 52.7 Å². The van der Waals surface area contributed by atoms with E-state index >= 15 is 0 Å². The lowest BCUT2D eigenvalue weighted by Crippen LogP contribution is -2.40. The van der Waals surface area contributed by atoms with Crippen molar-refractivity contribution in [3.8, 4) is 0 Å². The molecule has 0 atom stereocenters. The highest BCUT2D eigenvalue weighted by Gasteiger charge is 2.20. The van der Waals surface area contributed by atoms with Gasteiger partial charge in [-0.15, -0.1) is 0 Å².